The van der Waals surface area contributed by atoms with Crippen LogP contribution >= 0.6 is 23.2 Å². The number of nitriles is 1. The van der Waals surface area contributed by atoms with Gasteiger partial charge in [0.25, 0.3) is 21.6 Å². The molecule has 0 bridgehead atoms. The van der Waals surface area contributed by atoms with Crippen molar-refractivity contribution in [2.75, 3.05) is 5.32 Å². The van der Waals surface area contributed by atoms with Crippen LogP contribution in [-0.2, 0) is 50.4 Å². The van der Waals surface area contributed by atoms with Gasteiger partial charge in [-0.3, -0.25) is 19.7 Å². The van der Waals surface area contributed by atoms with Gasteiger partial charge in [0, 0.05) is 24.6 Å². The van der Waals surface area contributed by atoms with Crippen molar-refractivity contribution in [3.63, 3.8) is 0 Å². The molecule has 6 aromatic rings. The highest BCUT2D eigenvalue weighted by Crippen LogP contribution is 2.41. The summed E-state index contributed by atoms with van der Waals surface area (Å²) in [6.45, 7) is -0.254. The number of nitro benzene ring substituents is 1. The first-order valence-corrected chi connectivity index (χ1v) is 22.1. The van der Waals surface area contributed by atoms with E-state index in [9.17, 15) is 38.0 Å². The van der Waals surface area contributed by atoms with Crippen molar-refractivity contribution in [1.29, 1.82) is 5.26 Å². The van der Waals surface area contributed by atoms with Crippen molar-refractivity contribution < 1.29 is 42.3 Å². The van der Waals surface area contributed by atoms with Crippen LogP contribution in [-0.4, -0.2) is 52.6 Å². The SMILES string of the molecule is N#Cc1ccc(-c2ccc(C[C@H](NC(=O)C3Cc4cc5c(cc4CN3S(=O)(=O)c3ccccc3[N+](=O)[O-])OC(c3ccc(OCc4ccc(Cl)c(Cl)c4)cc3)C(=O)N5)C(=O)O)cc2)cc1. The molecule has 2 aliphatic rings. The Morgan fingerprint density at radius 1 is 0.923 bits per heavy atom. The van der Waals surface area contributed by atoms with Gasteiger partial charge in [0.1, 0.15) is 30.2 Å². The summed E-state index contributed by atoms with van der Waals surface area (Å²) in [5.74, 6) is -2.12. The van der Waals surface area contributed by atoms with E-state index < -0.39 is 68.0 Å². The number of nitrogens with one attached hydrogen (secondary N) is 2. The number of hydrogen-bond acceptors (Lipinski definition) is 10. The number of para-hydroxylation sites is 1. The Morgan fingerprint density at radius 2 is 1.60 bits per heavy atom. The fraction of sp³-hybridized carbons (Fsp3) is 0.149. The van der Waals surface area contributed by atoms with Gasteiger partial charge in [-0.15, -0.1) is 0 Å². The standard InChI is InChI=1S/C47H35Cl2N5O10S/c48-36-18-9-29(19-37(36)49)26-63-35-16-14-32(15-17-35)44-46(56)51-38-21-33-22-41(53(25-34(33)23-42(38)64-44)65(61,62)43-4-2-1-3-40(43)54(59)60)45(55)52-39(47(57)58)20-27-5-10-30(11-6-27)31-12-7-28(24-50)8-13-31/h1-19,21,23,39,41,44H,20,22,25-26H2,(H,51,56)(H,52,55)(H,57,58)/t39-,41?,44?/m0/s1. The number of hydrogen-bond donors (Lipinski definition) is 3. The Labute approximate surface area is 381 Å². The van der Waals surface area contributed by atoms with Gasteiger partial charge >= 0.3 is 5.97 Å². The van der Waals surface area contributed by atoms with Gasteiger partial charge in [0.05, 0.1) is 32.3 Å². The van der Waals surface area contributed by atoms with Gasteiger partial charge in [0.2, 0.25) is 12.0 Å². The van der Waals surface area contributed by atoms with Gasteiger partial charge in [-0.1, -0.05) is 89.9 Å². The molecule has 0 radical (unpaired) electrons. The largest absolute Gasteiger partial charge is 0.489 e. The second-order valence-corrected chi connectivity index (χ2v) is 17.9. The Morgan fingerprint density at radius 3 is 2.26 bits per heavy atom. The quantitative estimate of drug-likeness (QED) is 0.0744. The number of rotatable bonds is 13. The molecular weight excluding hydrogens is 898 g/mol. The van der Waals surface area contributed by atoms with Crippen molar-refractivity contribution in [2.24, 2.45) is 0 Å². The van der Waals surface area contributed by atoms with Crippen LogP contribution in [0.3, 0.4) is 0 Å². The summed E-state index contributed by atoms with van der Waals surface area (Å²) in [7, 11) is -4.81. The summed E-state index contributed by atoms with van der Waals surface area (Å²) < 4.78 is 41.9. The fourth-order valence-electron chi connectivity index (χ4n) is 7.62. The number of aliphatic carboxylic acids is 1. The van der Waals surface area contributed by atoms with Crippen molar-refractivity contribution >= 4 is 62.4 Å². The molecule has 3 N–H and O–H groups in total. The number of amides is 2. The van der Waals surface area contributed by atoms with Crippen LogP contribution in [0.15, 0.2) is 132 Å². The van der Waals surface area contributed by atoms with E-state index in [2.05, 4.69) is 16.7 Å². The highest BCUT2D eigenvalue weighted by Gasteiger charge is 2.44. The highest BCUT2D eigenvalue weighted by atomic mass is 35.5. The van der Waals surface area contributed by atoms with Crippen LogP contribution in [0.4, 0.5) is 11.4 Å². The predicted molar refractivity (Wildman–Crippen MR) is 239 cm³/mol. The van der Waals surface area contributed by atoms with E-state index in [0.717, 1.165) is 33.1 Å². The third-order valence-electron chi connectivity index (χ3n) is 11.0. The zero-order chi connectivity index (χ0) is 46.0. The van der Waals surface area contributed by atoms with E-state index >= 15 is 0 Å². The maximum Gasteiger partial charge on any atom is 0.326 e. The Balaban J connectivity index is 1.04. The van der Waals surface area contributed by atoms with Crippen LogP contribution in [0.25, 0.3) is 11.1 Å². The number of nitrogens with zero attached hydrogens (tertiary/aromatic N) is 3. The van der Waals surface area contributed by atoms with Crippen molar-refractivity contribution in [3.05, 3.63) is 181 Å². The zero-order valence-corrected chi connectivity index (χ0v) is 36.1. The van der Waals surface area contributed by atoms with Crippen molar-refractivity contribution in [2.45, 2.75) is 49.1 Å². The molecule has 2 unspecified atom stereocenters. The summed E-state index contributed by atoms with van der Waals surface area (Å²) in [4.78, 5) is 50.9. The first-order valence-electron chi connectivity index (χ1n) is 19.9. The van der Waals surface area contributed by atoms with Crippen LogP contribution < -0.4 is 20.1 Å². The first-order chi connectivity index (χ1) is 31.2. The van der Waals surface area contributed by atoms with Crippen molar-refractivity contribution in [3.8, 4) is 28.7 Å². The molecule has 0 saturated carbocycles. The number of halogens is 2. The molecule has 2 heterocycles. The summed E-state index contributed by atoms with van der Waals surface area (Å²) in [5.41, 5.74) is 4.35. The minimum absolute atomic E-state index is 0.165. The third kappa shape index (κ3) is 9.49. The number of carboxylic acid groups (broad SMARTS) is 1. The minimum atomic E-state index is -4.81. The van der Waals surface area contributed by atoms with Gasteiger partial charge in [-0.2, -0.15) is 9.57 Å². The van der Waals surface area contributed by atoms with Crippen molar-refractivity contribution in [1.82, 2.24) is 9.62 Å². The van der Waals surface area contributed by atoms with E-state index in [1.54, 1.807) is 103 Å². The Hall–Kier alpha value is -7.29. The number of carbonyl (C=O) groups excluding carboxylic acids is 2. The van der Waals surface area contributed by atoms with Gasteiger partial charge in [-0.05, 0) is 94.4 Å². The Bertz CT molecular complexity index is 3020. The number of sulfonamides is 1. The lowest BCUT2D eigenvalue weighted by atomic mass is 9.93. The van der Waals surface area contributed by atoms with E-state index in [0.29, 0.717) is 43.6 Å². The number of anilines is 1. The molecule has 0 saturated heterocycles. The maximum atomic E-state index is 14.5. The first kappa shape index (κ1) is 44.3. The average molecular weight is 933 g/mol. The molecular formula is C47H35Cl2N5O10S. The fourth-order valence-corrected chi connectivity index (χ4v) is 9.67. The summed E-state index contributed by atoms with van der Waals surface area (Å²) in [6.07, 6.45) is -1.57. The lowest BCUT2D eigenvalue weighted by Gasteiger charge is -2.36. The van der Waals surface area contributed by atoms with Gasteiger partial charge < -0.3 is 25.2 Å². The van der Waals surface area contributed by atoms with E-state index in [1.165, 1.54) is 12.1 Å². The second-order valence-electron chi connectivity index (χ2n) is 15.2. The molecule has 18 heteroatoms. The Kier molecular flexibility index (Phi) is 12.6. The third-order valence-corrected chi connectivity index (χ3v) is 13.7. The lowest BCUT2D eigenvalue weighted by molar-refractivity contribution is -0.387. The molecule has 2 aliphatic heterocycles. The van der Waals surface area contributed by atoms with Crippen LogP contribution in [0.1, 0.15) is 39.5 Å². The van der Waals surface area contributed by atoms with Crippen LogP contribution in [0.2, 0.25) is 10.0 Å². The monoisotopic (exact) mass is 931 g/mol. The molecule has 2 amide bonds. The molecule has 328 valence electrons. The number of benzene rings is 6. The predicted octanol–water partition coefficient (Wildman–Crippen LogP) is 8.02. The average Bonchev–Trinajstić information content (AvgIpc) is 3.30. The second kappa shape index (κ2) is 18.4. The molecule has 6 aromatic carbocycles. The van der Waals surface area contributed by atoms with Crippen LogP contribution in [0.5, 0.6) is 11.5 Å². The van der Waals surface area contributed by atoms with Gasteiger partial charge in [0.15, 0.2) is 4.90 Å². The number of ether oxygens (including phenoxy) is 2. The normalized spacial score (nSPS) is 16.1. The smallest absolute Gasteiger partial charge is 0.326 e. The molecule has 65 heavy (non-hydrogen) atoms. The van der Waals surface area contributed by atoms with E-state index in [-0.39, 0.29) is 30.9 Å². The molecule has 3 atom stereocenters. The highest BCUT2D eigenvalue weighted by molar-refractivity contribution is 7.89. The minimum Gasteiger partial charge on any atom is -0.489 e. The molecule has 0 aromatic heterocycles. The lowest BCUT2D eigenvalue weighted by Crippen LogP contribution is -2.55. The number of nitro groups is 1. The molecule has 0 spiro atoms. The van der Waals surface area contributed by atoms with Crippen LogP contribution in [0, 0.1) is 21.4 Å². The topological polar surface area (TPSA) is 218 Å². The van der Waals surface area contributed by atoms with E-state index in [1.807, 2.05) is 0 Å². The number of carbonyl (C=O) groups is 3. The summed E-state index contributed by atoms with van der Waals surface area (Å²) >= 11 is 12.1. The maximum absolute atomic E-state index is 14.5. The molecule has 0 fully saturated rings. The summed E-state index contributed by atoms with van der Waals surface area (Å²) in [6, 6.07) is 32.5. The summed E-state index contributed by atoms with van der Waals surface area (Å²) in [5, 5.41) is 37.6. The van der Waals surface area contributed by atoms with E-state index in [4.69, 9.17) is 37.9 Å². The number of carboxylic acids is 1. The van der Waals surface area contributed by atoms with Gasteiger partial charge in [-0.25, -0.2) is 13.2 Å². The zero-order valence-electron chi connectivity index (χ0n) is 33.8. The molecule has 0 aliphatic carbocycles. The molecule has 8 rings (SSSR count). The number of fused-ring (bicyclic) bond motifs is 2. The molecule has 15 nitrogen and oxygen atoms in total.